The van der Waals surface area contributed by atoms with E-state index in [2.05, 4.69) is 19.1 Å². The first-order valence-corrected chi connectivity index (χ1v) is 12.6. The van der Waals surface area contributed by atoms with Crippen molar-refractivity contribution in [3.05, 3.63) is 12.2 Å². The van der Waals surface area contributed by atoms with Crippen LogP contribution in [0.2, 0.25) is 0 Å². The van der Waals surface area contributed by atoms with E-state index in [-0.39, 0.29) is 29.7 Å². The fourth-order valence-corrected chi connectivity index (χ4v) is 4.51. The van der Waals surface area contributed by atoms with Gasteiger partial charge in [-0.2, -0.15) is 0 Å². The van der Waals surface area contributed by atoms with Gasteiger partial charge < -0.3 is 14.9 Å². The van der Waals surface area contributed by atoms with Crippen LogP contribution >= 0.6 is 0 Å². The molecule has 0 amide bonds. The molecule has 0 aliphatic heterocycles. The van der Waals surface area contributed by atoms with Crippen molar-refractivity contribution in [3.63, 3.8) is 0 Å². The molecule has 0 aromatic heterocycles. The molecular weight excluding hydrogens is 392 g/mol. The van der Waals surface area contributed by atoms with Gasteiger partial charge in [0.1, 0.15) is 5.78 Å². The third-order valence-electron chi connectivity index (χ3n) is 6.28. The van der Waals surface area contributed by atoms with E-state index >= 15 is 0 Å². The predicted molar refractivity (Wildman–Crippen MR) is 125 cm³/mol. The molecule has 4 atom stereocenters. The molecule has 0 heterocycles. The van der Waals surface area contributed by atoms with E-state index in [0.717, 1.165) is 38.5 Å². The Kier molecular flexibility index (Phi) is 14.8. The smallest absolute Gasteiger partial charge is 0.306 e. The molecule has 0 aromatic carbocycles. The molecule has 0 radical (unpaired) electrons. The molecule has 0 unspecified atom stereocenters. The number of hydrogen-bond donors (Lipinski definition) is 2. The Morgan fingerprint density at radius 3 is 2.29 bits per heavy atom. The van der Waals surface area contributed by atoms with Gasteiger partial charge in [-0.15, -0.1) is 0 Å². The summed E-state index contributed by atoms with van der Waals surface area (Å²) < 4.78 is 5.12. The van der Waals surface area contributed by atoms with Crippen molar-refractivity contribution in [3.8, 4) is 0 Å². The maximum Gasteiger partial charge on any atom is 0.306 e. The van der Waals surface area contributed by atoms with Crippen LogP contribution in [0.3, 0.4) is 0 Å². The van der Waals surface area contributed by atoms with Crippen LogP contribution in [0.25, 0.3) is 0 Å². The minimum atomic E-state index is -0.516. The molecule has 2 N–H and O–H groups in total. The molecule has 180 valence electrons. The summed E-state index contributed by atoms with van der Waals surface area (Å²) in [6, 6.07) is 0. The zero-order chi connectivity index (χ0) is 23.1. The highest BCUT2D eigenvalue weighted by molar-refractivity contribution is 5.78. The number of allylic oxidation sites excluding steroid dienone is 2. The van der Waals surface area contributed by atoms with Gasteiger partial charge in [0.15, 0.2) is 0 Å². The van der Waals surface area contributed by atoms with Crippen LogP contribution in [-0.4, -0.2) is 40.3 Å². The summed E-state index contributed by atoms with van der Waals surface area (Å²) in [5.41, 5.74) is 0. The molecule has 1 fully saturated rings. The van der Waals surface area contributed by atoms with Gasteiger partial charge in [0.25, 0.3) is 0 Å². The van der Waals surface area contributed by atoms with Crippen LogP contribution in [-0.2, 0) is 14.3 Å². The fraction of sp³-hybridized carbons (Fsp3) is 0.846. The van der Waals surface area contributed by atoms with Gasteiger partial charge in [0, 0.05) is 19.3 Å². The van der Waals surface area contributed by atoms with Crippen LogP contribution in [0.15, 0.2) is 12.2 Å². The Labute approximate surface area is 189 Å². The number of carbonyl (C=O) groups is 2. The van der Waals surface area contributed by atoms with E-state index in [1.54, 1.807) is 0 Å². The van der Waals surface area contributed by atoms with Crippen molar-refractivity contribution in [2.75, 3.05) is 0 Å². The van der Waals surface area contributed by atoms with Gasteiger partial charge in [-0.05, 0) is 70.6 Å². The number of aliphatic hydroxyl groups excluding tert-OH is 2. The first-order chi connectivity index (χ1) is 14.8. The molecule has 1 rings (SSSR count). The number of hydrogen-bond acceptors (Lipinski definition) is 5. The highest BCUT2D eigenvalue weighted by Gasteiger charge is 2.40. The minimum absolute atomic E-state index is 0.00510. The number of rotatable bonds is 17. The number of unbranched alkanes of at least 4 members (excludes halogenated alkanes) is 6. The Balaban J connectivity index is 2.27. The molecule has 5 nitrogen and oxygen atoms in total. The van der Waals surface area contributed by atoms with E-state index in [4.69, 9.17) is 4.74 Å². The number of carbonyl (C=O) groups excluding carboxylic acids is 2. The van der Waals surface area contributed by atoms with E-state index in [1.165, 1.54) is 19.3 Å². The largest absolute Gasteiger partial charge is 0.463 e. The van der Waals surface area contributed by atoms with Crippen molar-refractivity contribution in [2.45, 2.75) is 129 Å². The lowest BCUT2D eigenvalue weighted by Crippen LogP contribution is -2.22. The van der Waals surface area contributed by atoms with Crippen molar-refractivity contribution < 1.29 is 24.5 Å². The Hall–Kier alpha value is -1.20. The van der Waals surface area contributed by atoms with Gasteiger partial charge in [-0.1, -0.05) is 44.8 Å². The number of ether oxygens (including phenoxy) is 1. The summed E-state index contributed by atoms with van der Waals surface area (Å²) in [5.74, 6) is 0.162. The normalized spacial score (nSPS) is 23.7. The topological polar surface area (TPSA) is 83.8 Å². The molecule has 0 aromatic rings. The van der Waals surface area contributed by atoms with Crippen LogP contribution in [0.4, 0.5) is 0 Å². The minimum Gasteiger partial charge on any atom is -0.463 e. The molecular formula is C26H46O5. The van der Waals surface area contributed by atoms with Crippen molar-refractivity contribution >= 4 is 11.8 Å². The molecule has 5 heteroatoms. The van der Waals surface area contributed by atoms with Crippen LogP contribution < -0.4 is 0 Å². The molecule has 1 saturated carbocycles. The molecule has 0 saturated heterocycles. The summed E-state index contributed by atoms with van der Waals surface area (Å²) >= 11 is 0. The average Bonchev–Trinajstić information content (AvgIpc) is 2.97. The van der Waals surface area contributed by atoms with Gasteiger partial charge >= 0.3 is 5.97 Å². The van der Waals surface area contributed by atoms with Crippen molar-refractivity contribution in [1.29, 1.82) is 0 Å². The van der Waals surface area contributed by atoms with E-state index in [0.29, 0.717) is 32.1 Å². The quantitative estimate of drug-likeness (QED) is 0.178. The number of ketones is 1. The van der Waals surface area contributed by atoms with Crippen LogP contribution in [0.5, 0.6) is 0 Å². The maximum atomic E-state index is 12.2. The molecule has 1 aliphatic carbocycles. The van der Waals surface area contributed by atoms with Gasteiger partial charge in [-0.25, -0.2) is 0 Å². The van der Waals surface area contributed by atoms with Crippen molar-refractivity contribution in [2.24, 2.45) is 11.8 Å². The zero-order valence-corrected chi connectivity index (χ0v) is 20.1. The zero-order valence-electron chi connectivity index (χ0n) is 20.1. The SMILES string of the molecule is CCCCCCCC(=O)CC[C@@H]1[C@@H](C/C=C/CCCCC(=O)OC(C)C)[C@@H](O)C[C@H]1O. The lowest BCUT2D eigenvalue weighted by atomic mass is 9.86. The fourth-order valence-electron chi connectivity index (χ4n) is 4.51. The van der Waals surface area contributed by atoms with Crippen molar-refractivity contribution in [1.82, 2.24) is 0 Å². The highest BCUT2D eigenvalue weighted by Crippen LogP contribution is 2.38. The molecule has 1 aliphatic rings. The van der Waals surface area contributed by atoms with E-state index in [9.17, 15) is 19.8 Å². The maximum absolute atomic E-state index is 12.2. The highest BCUT2D eigenvalue weighted by atomic mass is 16.5. The first-order valence-electron chi connectivity index (χ1n) is 12.6. The lowest BCUT2D eigenvalue weighted by Gasteiger charge is -2.22. The Morgan fingerprint density at radius 1 is 0.903 bits per heavy atom. The second kappa shape index (κ2) is 16.4. The van der Waals surface area contributed by atoms with E-state index in [1.807, 2.05) is 13.8 Å². The Bertz CT molecular complexity index is 528. The average molecular weight is 439 g/mol. The summed E-state index contributed by atoms with van der Waals surface area (Å²) in [5, 5.41) is 20.7. The third kappa shape index (κ3) is 12.4. The predicted octanol–water partition coefficient (Wildman–Crippen LogP) is 5.51. The van der Waals surface area contributed by atoms with Crippen LogP contribution in [0, 0.1) is 11.8 Å². The number of aliphatic hydroxyl groups is 2. The number of esters is 1. The molecule has 0 bridgehead atoms. The summed E-state index contributed by atoms with van der Waals surface area (Å²) in [6.07, 6.45) is 14.9. The lowest BCUT2D eigenvalue weighted by molar-refractivity contribution is -0.147. The number of Topliss-reactive ketones (excluding diaryl/α,β-unsaturated/α-hetero) is 1. The van der Waals surface area contributed by atoms with Crippen LogP contribution in [0.1, 0.15) is 111 Å². The first kappa shape index (κ1) is 27.8. The summed E-state index contributed by atoms with van der Waals surface area (Å²) in [7, 11) is 0. The van der Waals surface area contributed by atoms with Gasteiger partial charge in [0.2, 0.25) is 0 Å². The standard InChI is InChI=1S/C26H46O5/c1-4-5-6-8-11-14-21(27)17-18-23-22(24(28)19-25(23)29)15-12-9-7-10-13-16-26(30)31-20(2)3/h9,12,20,22-25,28-29H,4-8,10-11,13-19H2,1-3H3/b12-9+/t22-,23-,24+,25-/m1/s1. The summed E-state index contributed by atoms with van der Waals surface area (Å²) in [4.78, 5) is 23.7. The monoisotopic (exact) mass is 438 g/mol. The summed E-state index contributed by atoms with van der Waals surface area (Å²) in [6.45, 7) is 5.89. The van der Waals surface area contributed by atoms with Gasteiger partial charge in [0.05, 0.1) is 18.3 Å². The van der Waals surface area contributed by atoms with E-state index < -0.39 is 12.2 Å². The molecule has 0 spiro atoms. The second-order valence-electron chi connectivity index (χ2n) is 9.43. The van der Waals surface area contributed by atoms with Gasteiger partial charge in [-0.3, -0.25) is 9.59 Å². The Morgan fingerprint density at radius 2 is 1.58 bits per heavy atom. The molecule has 31 heavy (non-hydrogen) atoms. The third-order valence-corrected chi connectivity index (χ3v) is 6.28. The second-order valence-corrected chi connectivity index (χ2v) is 9.43.